The molecule has 0 bridgehead atoms. The van der Waals surface area contributed by atoms with Gasteiger partial charge in [0.25, 0.3) is 0 Å². The summed E-state index contributed by atoms with van der Waals surface area (Å²) in [5.41, 5.74) is 2.83. The van der Waals surface area contributed by atoms with Gasteiger partial charge in [0.15, 0.2) is 11.5 Å². The summed E-state index contributed by atoms with van der Waals surface area (Å²) in [6, 6.07) is 3.14. The number of ether oxygens (including phenoxy) is 1. The van der Waals surface area contributed by atoms with Gasteiger partial charge in [0.2, 0.25) is 11.5 Å². The van der Waals surface area contributed by atoms with E-state index in [2.05, 4.69) is 14.7 Å². The molecule has 2 aromatic heterocycles. The van der Waals surface area contributed by atoms with Gasteiger partial charge < -0.3 is 15.4 Å². The molecule has 0 saturated heterocycles. The van der Waals surface area contributed by atoms with E-state index in [4.69, 9.17) is 5.73 Å². The first-order valence-electron chi connectivity index (χ1n) is 10.3. The summed E-state index contributed by atoms with van der Waals surface area (Å²) in [7, 11) is 3.09. The molecule has 3 aromatic rings. The third-order valence-corrected chi connectivity index (χ3v) is 5.53. The van der Waals surface area contributed by atoms with E-state index < -0.39 is 29.5 Å². The van der Waals surface area contributed by atoms with Gasteiger partial charge in [0.05, 0.1) is 24.0 Å². The van der Waals surface area contributed by atoms with Crippen LogP contribution in [0.2, 0.25) is 0 Å². The third-order valence-electron chi connectivity index (χ3n) is 5.53. The smallest absolute Gasteiger partial charge is 0.438 e. The molecule has 0 saturated carbocycles. The first-order valence-corrected chi connectivity index (χ1v) is 10.3. The number of hydrogen-bond acceptors (Lipinski definition) is 6. The Labute approximate surface area is 200 Å². The number of nitrogens with two attached hydrogens (primary N) is 1. The Morgan fingerprint density at radius 1 is 1.14 bits per heavy atom. The molecular weight excluding hydrogens is 496 g/mol. The van der Waals surface area contributed by atoms with Crippen molar-refractivity contribution >= 4 is 23.3 Å². The average Bonchev–Trinajstić information content (AvgIpc) is 3.16. The molecule has 194 valence electrons. The zero-order valence-corrected chi connectivity index (χ0v) is 19.5. The van der Waals surface area contributed by atoms with Crippen molar-refractivity contribution in [3.8, 4) is 11.3 Å². The van der Waals surface area contributed by atoms with Gasteiger partial charge in [-0.2, -0.15) is 26.3 Å². The number of hydrogen-bond donors (Lipinski definition) is 1. The van der Waals surface area contributed by atoms with Gasteiger partial charge in [-0.05, 0) is 25.5 Å². The second kappa shape index (κ2) is 8.99. The predicted octanol–water partition coefficient (Wildman–Crippen LogP) is 3.80. The van der Waals surface area contributed by atoms with E-state index in [-0.39, 0.29) is 40.7 Å². The minimum atomic E-state index is -5.63. The van der Waals surface area contributed by atoms with E-state index in [1.54, 1.807) is 21.0 Å². The molecule has 0 fully saturated rings. The Kier molecular flexibility index (Phi) is 6.68. The summed E-state index contributed by atoms with van der Waals surface area (Å²) >= 11 is 0. The number of nitrogen functional groups attached to an aromatic ring is 1. The normalized spacial score (nSPS) is 13.9. The number of aromatic nitrogens is 3. The molecule has 8 nitrogen and oxygen atoms in total. The Hall–Kier alpha value is -3.84. The van der Waals surface area contributed by atoms with Crippen LogP contribution < -0.4 is 5.73 Å². The van der Waals surface area contributed by atoms with Gasteiger partial charge in [-0.1, -0.05) is 12.1 Å². The largest absolute Gasteiger partial charge is 0.490 e. The summed E-state index contributed by atoms with van der Waals surface area (Å²) in [5, 5.41) is 0. The molecule has 1 amide bonds. The van der Waals surface area contributed by atoms with Crippen LogP contribution in [-0.4, -0.2) is 57.6 Å². The van der Waals surface area contributed by atoms with Gasteiger partial charge in [-0.15, -0.1) is 0 Å². The van der Waals surface area contributed by atoms with Crippen LogP contribution in [0.25, 0.3) is 16.9 Å². The molecule has 0 spiro atoms. The quantitative estimate of drug-likeness (QED) is 0.408. The van der Waals surface area contributed by atoms with Crippen LogP contribution in [0.5, 0.6) is 0 Å². The highest BCUT2D eigenvalue weighted by molar-refractivity contribution is 5.79. The molecule has 1 unspecified atom stereocenters. The maximum atomic E-state index is 13.9. The molecule has 1 aromatic carbocycles. The van der Waals surface area contributed by atoms with Crippen LogP contribution in [0.4, 0.5) is 32.2 Å². The Morgan fingerprint density at radius 3 is 2.33 bits per heavy atom. The van der Waals surface area contributed by atoms with Gasteiger partial charge >= 0.3 is 18.3 Å². The lowest BCUT2D eigenvalue weighted by molar-refractivity contribution is -0.285. The Morgan fingerprint density at radius 2 is 1.78 bits per heavy atom. The number of carbonyl (C=O) groups excluding carboxylic acids is 2. The Bertz CT molecular complexity index is 1330. The van der Waals surface area contributed by atoms with Crippen LogP contribution in [0.1, 0.15) is 23.7 Å². The van der Waals surface area contributed by atoms with Gasteiger partial charge in [0.1, 0.15) is 0 Å². The van der Waals surface area contributed by atoms with Crippen LogP contribution >= 0.6 is 0 Å². The number of aryl methyl sites for hydroxylation is 1. The number of imidazole rings is 1. The molecule has 14 heteroatoms. The van der Waals surface area contributed by atoms with Crippen molar-refractivity contribution in [3.63, 3.8) is 0 Å². The zero-order chi connectivity index (χ0) is 27.2. The highest BCUT2D eigenvalue weighted by Crippen LogP contribution is 2.44. The summed E-state index contributed by atoms with van der Waals surface area (Å²) in [6.07, 6.45) is -8.40. The highest BCUT2D eigenvalue weighted by Gasteiger charge is 2.59. The summed E-state index contributed by atoms with van der Waals surface area (Å²) in [4.78, 5) is 33.1. The lowest BCUT2D eigenvalue weighted by atomic mass is 9.91. The van der Waals surface area contributed by atoms with Crippen LogP contribution in [0.15, 0.2) is 30.6 Å². The van der Waals surface area contributed by atoms with Crippen LogP contribution in [0, 0.1) is 6.92 Å². The molecule has 3 rings (SSSR count). The second-order valence-electron chi connectivity index (χ2n) is 8.37. The molecule has 0 radical (unpaired) electrons. The van der Waals surface area contributed by atoms with Gasteiger partial charge in [-0.3, -0.25) is 9.20 Å². The van der Waals surface area contributed by atoms with E-state index >= 15 is 0 Å². The molecule has 1 atom stereocenters. The SMILES string of the molecule is Cc1ccc(C(C)(OC(=O)C(F)(F)F)C(F)(F)F)cc1-c1cnc2c(N)nc(CC(=O)N(C)C)cn12. The van der Waals surface area contributed by atoms with E-state index in [0.717, 1.165) is 12.1 Å². The predicted molar refractivity (Wildman–Crippen MR) is 116 cm³/mol. The summed E-state index contributed by atoms with van der Waals surface area (Å²) < 4.78 is 85.4. The summed E-state index contributed by atoms with van der Waals surface area (Å²) in [5.74, 6) is -3.31. The number of fused-ring (bicyclic) bond motifs is 1. The number of rotatable bonds is 5. The molecule has 36 heavy (non-hydrogen) atoms. The zero-order valence-electron chi connectivity index (χ0n) is 19.5. The number of esters is 1. The van der Waals surface area contributed by atoms with Gasteiger partial charge in [-0.25, -0.2) is 14.8 Å². The fraction of sp³-hybridized carbons (Fsp3) is 0.364. The molecule has 0 aliphatic heterocycles. The van der Waals surface area contributed by atoms with Crippen molar-refractivity contribution in [2.24, 2.45) is 0 Å². The maximum absolute atomic E-state index is 13.9. The number of anilines is 1. The van der Waals surface area contributed by atoms with E-state index in [1.165, 1.54) is 27.8 Å². The number of nitrogens with zero attached hydrogens (tertiary/aromatic N) is 4. The molecule has 2 N–H and O–H groups in total. The fourth-order valence-corrected chi connectivity index (χ4v) is 3.38. The fourth-order valence-electron chi connectivity index (χ4n) is 3.38. The van der Waals surface area contributed by atoms with E-state index in [0.29, 0.717) is 12.5 Å². The van der Waals surface area contributed by atoms with Gasteiger partial charge in [0, 0.05) is 31.4 Å². The van der Waals surface area contributed by atoms with Crippen LogP contribution in [0.3, 0.4) is 0 Å². The topological polar surface area (TPSA) is 103 Å². The first-order chi connectivity index (χ1) is 16.5. The number of amides is 1. The van der Waals surface area contributed by atoms with Crippen molar-refractivity contribution in [2.75, 3.05) is 19.8 Å². The lowest BCUT2D eigenvalue weighted by Gasteiger charge is -2.32. The van der Waals surface area contributed by atoms with Crippen molar-refractivity contribution in [1.29, 1.82) is 0 Å². The monoisotopic (exact) mass is 517 g/mol. The lowest BCUT2D eigenvalue weighted by Crippen LogP contribution is -2.46. The third kappa shape index (κ3) is 4.93. The first kappa shape index (κ1) is 26.8. The number of likely N-dealkylation sites (N-methyl/N-ethyl adjacent to an activating group) is 1. The minimum Gasteiger partial charge on any atom is -0.438 e. The number of alkyl halides is 6. The minimum absolute atomic E-state index is 0.0432. The maximum Gasteiger partial charge on any atom is 0.490 e. The molecular formula is C22H21F6N5O3. The average molecular weight is 517 g/mol. The molecule has 2 heterocycles. The van der Waals surface area contributed by atoms with E-state index in [9.17, 15) is 35.9 Å². The van der Waals surface area contributed by atoms with Crippen molar-refractivity contribution in [1.82, 2.24) is 19.3 Å². The number of carbonyl (C=O) groups is 2. The number of benzene rings is 1. The standard InChI is InChI=1S/C22H21F6N5O3/c1-11-5-6-12(20(2,22(26,27)28)36-19(35)21(23,24)25)7-14(11)15-9-30-18-17(29)31-13(10-33(15)18)8-16(34)32(3)4/h5-7,9-10H,8H2,1-4H3,(H2,29,31). The summed E-state index contributed by atoms with van der Waals surface area (Å²) in [6.45, 7) is 1.90. The molecule has 0 aliphatic carbocycles. The highest BCUT2D eigenvalue weighted by atomic mass is 19.4. The van der Waals surface area contributed by atoms with E-state index in [1.807, 2.05) is 0 Å². The van der Waals surface area contributed by atoms with Crippen LogP contribution in [-0.2, 0) is 26.3 Å². The number of halogens is 6. The van der Waals surface area contributed by atoms with Crippen molar-refractivity contribution in [3.05, 3.63) is 47.4 Å². The van der Waals surface area contributed by atoms with Crippen molar-refractivity contribution in [2.45, 2.75) is 38.2 Å². The Balaban J connectivity index is 2.18. The second-order valence-corrected chi connectivity index (χ2v) is 8.37. The molecule has 0 aliphatic rings. The van der Waals surface area contributed by atoms with Crippen molar-refractivity contribution < 1.29 is 40.7 Å².